The van der Waals surface area contributed by atoms with Crippen LogP contribution in [-0.2, 0) is 10.1 Å². The molecule has 0 spiro atoms. The van der Waals surface area contributed by atoms with Crippen LogP contribution >= 0.6 is 22.6 Å². The van der Waals surface area contributed by atoms with E-state index < -0.39 is 27.8 Å². The van der Waals surface area contributed by atoms with Gasteiger partial charge in [-0.1, -0.05) is 0 Å². The van der Waals surface area contributed by atoms with Gasteiger partial charge >= 0.3 is 5.25 Å². The minimum atomic E-state index is -5.83. The van der Waals surface area contributed by atoms with Gasteiger partial charge in [0.2, 0.25) is 0 Å². The maximum Gasteiger partial charge on any atom is 0.351 e. The van der Waals surface area contributed by atoms with Crippen molar-refractivity contribution in [1.29, 1.82) is 0 Å². The molecule has 3 N–H and O–H groups in total. The minimum absolute atomic E-state index is 0.0474. The Labute approximate surface area is 121 Å². The molecule has 0 saturated heterocycles. The number of nitrogen functional groups attached to an aromatic ring is 1. The summed E-state index contributed by atoms with van der Waals surface area (Å²) in [6.07, 6.45) is 0. The lowest BCUT2D eigenvalue weighted by Crippen LogP contribution is -2.42. The van der Waals surface area contributed by atoms with Gasteiger partial charge in [-0.3, -0.25) is 4.79 Å². The smallest absolute Gasteiger partial charge is 0.351 e. The Morgan fingerprint density at radius 1 is 1.47 bits per heavy atom. The van der Waals surface area contributed by atoms with Crippen LogP contribution in [0, 0.1) is 3.57 Å². The molecule has 19 heavy (non-hydrogen) atoms. The molecule has 0 saturated carbocycles. The third-order valence-electron chi connectivity index (χ3n) is 2.08. The number of carbonyl (C=O) groups is 1. The predicted molar refractivity (Wildman–Crippen MR) is 70.5 cm³/mol. The molecule has 1 aromatic carbocycles. The number of anilines is 1. The van der Waals surface area contributed by atoms with Crippen LogP contribution in [0.5, 0.6) is 0 Å². The van der Waals surface area contributed by atoms with Crippen molar-refractivity contribution in [3.8, 4) is 0 Å². The lowest BCUT2D eigenvalue weighted by molar-refractivity contribution is 0.0692. The minimum Gasteiger partial charge on any atom is -0.743 e. The van der Waals surface area contributed by atoms with Crippen molar-refractivity contribution in [3.05, 3.63) is 27.3 Å². The highest BCUT2D eigenvalue weighted by atomic mass is 127. The van der Waals surface area contributed by atoms with Gasteiger partial charge in [-0.05, 0) is 40.8 Å². The normalized spacial score (nSPS) is 12.2. The van der Waals surface area contributed by atoms with Crippen LogP contribution in [0.2, 0.25) is 0 Å². The molecule has 0 unspecified atom stereocenters. The van der Waals surface area contributed by atoms with Crippen molar-refractivity contribution >= 4 is 44.3 Å². The number of benzene rings is 1. The molecule has 6 nitrogen and oxygen atoms in total. The lowest BCUT2D eigenvalue weighted by Gasteiger charge is -2.20. The van der Waals surface area contributed by atoms with Gasteiger partial charge in [0.1, 0.15) is 0 Å². The fourth-order valence-corrected chi connectivity index (χ4v) is 1.83. The monoisotopic (exact) mass is 405 g/mol. The van der Waals surface area contributed by atoms with Crippen LogP contribution in [0.4, 0.5) is 14.5 Å². The molecule has 1 amide bonds. The topological polar surface area (TPSA) is 112 Å². The van der Waals surface area contributed by atoms with E-state index in [0.29, 0.717) is 3.57 Å². The standard InChI is InChI=1S/C9H9F2IN2O4S/c10-9(11,19(16,17)18)4-14-8(15)6-3-5(12)1-2-7(6)13/h1-3H,4,13H2,(H,14,15)(H,16,17,18)/p-1. The van der Waals surface area contributed by atoms with Gasteiger partial charge in [0.15, 0.2) is 10.1 Å². The Bertz CT molecular complexity index is 606. The van der Waals surface area contributed by atoms with Crippen molar-refractivity contribution in [2.45, 2.75) is 5.25 Å². The highest BCUT2D eigenvalue weighted by Gasteiger charge is 2.37. The van der Waals surface area contributed by atoms with Crippen LogP contribution in [-0.4, -0.2) is 30.7 Å². The first-order chi connectivity index (χ1) is 8.54. The molecular weight excluding hydrogens is 397 g/mol. The molecule has 10 heteroatoms. The lowest BCUT2D eigenvalue weighted by atomic mass is 10.1. The van der Waals surface area contributed by atoms with Gasteiger partial charge in [0.25, 0.3) is 5.91 Å². The molecule has 0 heterocycles. The largest absolute Gasteiger partial charge is 0.743 e. The summed E-state index contributed by atoms with van der Waals surface area (Å²) in [7, 11) is -5.83. The summed E-state index contributed by atoms with van der Waals surface area (Å²) in [5, 5.41) is -2.91. The maximum atomic E-state index is 12.8. The molecule has 0 radical (unpaired) electrons. The van der Waals surface area contributed by atoms with E-state index >= 15 is 0 Å². The fraction of sp³-hybridized carbons (Fsp3) is 0.222. The zero-order valence-corrected chi connectivity index (χ0v) is 12.2. The molecule has 106 valence electrons. The van der Waals surface area contributed by atoms with E-state index in [1.54, 1.807) is 11.4 Å². The fourth-order valence-electron chi connectivity index (χ4n) is 1.09. The van der Waals surface area contributed by atoms with Crippen LogP contribution in [0.25, 0.3) is 0 Å². The van der Waals surface area contributed by atoms with E-state index in [0.717, 1.165) is 0 Å². The molecule has 0 aromatic heterocycles. The van der Waals surface area contributed by atoms with Crippen molar-refractivity contribution in [2.75, 3.05) is 12.3 Å². The van der Waals surface area contributed by atoms with Crippen LogP contribution in [0.15, 0.2) is 18.2 Å². The first-order valence-electron chi connectivity index (χ1n) is 4.71. The predicted octanol–water partition coefficient (Wildman–Crippen LogP) is 0.741. The van der Waals surface area contributed by atoms with E-state index in [1.165, 1.54) is 12.1 Å². The van der Waals surface area contributed by atoms with Crippen molar-refractivity contribution < 1.29 is 26.5 Å². The van der Waals surface area contributed by atoms with Crippen LogP contribution < -0.4 is 11.1 Å². The number of alkyl halides is 2. The second kappa shape index (κ2) is 5.54. The van der Waals surface area contributed by atoms with E-state index in [4.69, 9.17) is 5.73 Å². The number of rotatable bonds is 4. The van der Waals surface area contributed by atoms with Crippen molar-refractivity contribution in [1.82, 2.24) is 5.32 Å². The number of carbonyl (C=O) groups excluding carboxylic acids is 1. The van der Waals surface area contributed by atoms with Crippen LogP contribution in [0.3, 0.4) is 0 Å². The average molecular weight is 405 g/mol. The van der Waals surface area contributed by atoms with Gasteiger partial charge in [-0.15, -0.1) is 0 Å². The zero-order valence-electron chi connectivity index (χ0n) is 9.19. The van der Waals surface area contributed by atoms with Gasteiger partial charge < -0.3 is 15.6 Å². The van der Waals surface area contributed by atoms with Gasteiger partial charge in [0, 0.05) is 9.26 Å². The number of hydrogen-bond acceptors (Lipinski definition) is 5. The van der Waals surface area contributed by atoms with E-state index in [-0.39, 0.29) is 11.3 Å². The Hall–Kier alpha value is -1.01. The first-order valence-corrected chi connectivity index (χ1v) is 7.20. The second-order valence-electron chi connectivity index (χ2n) is 3.51. The van der Waals surface area contributed by atoms with E-state index in [2.05, 4.69) is 0 Å². The number of hydrogen-bond donors (Lipinski definition) is 2. The zero-order chi connectivity index (χ0) is 14.8. The first kappa shape index (κ1) is 16.0. The number of amides is 1. The highest BCUT2D eigenvalue weighted by molar-refractivity contribution is 14.1. The highest BCUT2D eigenvalue weighted by Crippen LogP contribution is 2.20. The molecular formula is C9H8F2IN2O4S-. The summed E-state index contributed by atoms with van der Waals surface area (Å²) >= 11 is 1.88. The summed E-state index contributed by atoms with van der Waals surface area (Å²) in [6.45, 7) is -1.61. The van der Waals surface area contributed by atoms with Crippen LogP contribution in [0.1, 0.15) is 10.4 Å². The Kier molecular flexibility index (Phi) is 4.68. The van der Waals surface area contributed by atoms with E-state index in [9.17, 15) is 26.5 Å². The van der Waals surface area contributed by atoms with E-state index in [1.807, 2.05) is 22.6 Å². The van der Waals surface area contributed by atoms with Gasteiger partial charge in [-0.25, -0.2) is 8.42 Å². The molecule has 0 fully saturated rings. The Morgan fingerprint density at radius 2 is 2.05 bits per heavy atom. The quantitative estimate of drug-likeness (QED) is 0.436. The second-order valence-corrected chi connectivity index (χ2v) is 6.26. The molecule has 0 aliphatic heterocycles. The number of nitrogens with one attached hydrogen (secondary N) is 1. The molecule has 1 aromatic rings. The summed E-state index contributed by atoms with van der Waals surface area (Å²) < 4.78 is 57.0. The Morgan fingerprint density at radius 3 is 2.58 bits per heavy atom. The molecule has 0 bridgehead atoms. The maximum absolute atomic E-state index is 12.8. The van der Waals surface area contributed by atoms with Crippen molar-refractivity contribution in [3.63, 3.8) is 0 Å². The Balaban J connectivity index is 2.85. The summed E-state index contributed by atoms with van der Waals surface area (Å²) in [4.78, 5) is 11.6. The molecule has 0 atom stereocenters. The van der Waals surface area contributed by atoms with Crippen molar-refractivity contribution in [2.24, 2.45) is 0 Å². The van der Waals surface area contributed by atoms with Gasteiger partial charge in [0.05, 0.1) is 12.1 Å². The number of halogens is 3. The molecule has 0 aliphatic rings. The molecule has 0 aliphatic carbocycles. The SMILES string of the molecule is Nc1ccc(I)cc1C(=O)NCC(F)(F)S(=O)(=O)[O-]. The van der Waals surface area contributed by atoms with Gasteiger partial charge in [-0.2, -0.15) is 8.78 Å². The summed E-state index contributed by atoms with van der Waals surface area (Å²) in [6, 6.07) is 4.34. The number of nitrogens with two attached hydrogens (primary N) is 1. The summed E-state index contributed by atoms with van der Waals surface area (Å²) in [5.41, 5.74) is 5.45. The molecule has 1 rings (SSSR count). The average Bonchev–Trinajstić information content (AvgIpc) is 2.28. The third kappa shape index (κ3) is 3.98. The third-order valence-corrected chi connectivity index (χ3v) is 3.63. The summed E-state index contributed by atoms with van der Waals surface area (Å²) in [5.74, 6) is -0.987.